The number of ether oxygens (including phenoxy) is 1. The van der Waals surface area contributed by atoms with Crippen molar-refractivity contribution in [2.45, 2.75) is 6.92 Å². The molecule has 6 nitrogen and oxygen atoms in total. The van der Waals surface area contributed by atoms with Crippen molar-refractivity contribution < 1.29 is 9.53 Å². The summed E-state index contributed by atoms with van der Waals surface area (Å²) in [6, 6.07) is 6.73. The minimum atomic E-state index is -0.625. The second kappa shape index (κ2) is 4.93. The molecule has 0 aliphatic carbocycles. The van der Waals surface area contributed by atoms with E-state index in [0.717, 1.165) is 0 Å². The van der Waals surface area contributed by atoms with Gasteiger partial charge in [0.1, 0.15) is 5.69 Å². The Labute approximate surface area is 108 Å². The Morgan fingerprint density at radius 3 is 2.16 bits per heavy atom. The zero-order valence-electron chi connectivity index (χ0n) is 10.4. The maximum Gasteiger partial charge on any atom is 0.272 e. The lowest BCUT2D eigenvalue weighted by atomic mass is 10.2. The molecule has 0 saturated heterocycles. The maximum absolute atomic E-state index is 11.3. The molecule has 0 aliphatic rings. The normalized spacial score (nSPS) is 10.2. The lowest BCUT2D eigenvalue weighted by molar-refractivity contribution is -0.114. The smallest absolute Gasteiger partial charge is 0.272 e. The van der Waals surface area contributed by atoms with Crippen LogP contribution in [0.25, 0.3) is 0 Å². The summed E-state index contributed by atoms with van der Waals surface area (Å²) in [6.45, 7) is 1.42. The molecule has 0 fully saturated rings. The summed E-state index contributed by atoms with van der Waals surface area (Å²) in [5.74, 6) is -0.124. The summed E-state index contributed by atoms with van der Waals surface area (Å²) in [5, 5.41) is 5.44. The van der Waals surface area contributed by atoms with Gasteiger partial charge in [-0.3, -0.25) is 14.4 Å². The first-order valence-corrected chi connectivity index (χ1v) is 5.55. The topological polar surface area (TPSA) is 84.5 Å². The maximum atomic E-state index is 11.3. The van der Waals surface area contributed by atoms with E-state index in [0.29, 0.717) is 11.4 Å². The van der Waals surface area contributed by atoms with Gasteiger partial charge >= 0.3 is 0 Å². The number of benzene rings is 1. The van der Waals surface area contributed by atoms with Crippen LogP contribution in [0.2, 0.25) is 0 Å². The Morgan fingerprint density at radius 2 is 1.63 bits per heavy atom. The van der Waals surface area contributed by atoms with Gasteiger partial charge in [-0.2, -0.15) is 0 Å². The molecule has 0 aromatic heterocycles. The van der Waals surface area contributed by atoms with Crippen molar-refractivity contribution in [3.63, 3.8) is 0 Å². The third-order valence-corrected chi connectivity index (χ3v) is 2.55. The number of nitrogens with one attached hydrogen (secondary N) is 2. The van der Waals surface area contributed by atoms with E-state index in [4.69, 9.17) is 4.74 Å². The number of methoxy groups -OCH3 is 1. The number of anilines is 3. The van der Waals surface area contributed by atoms with Crippen molar-refractivity contribution in [1.29, 1.82) is 0 Å². The Morgan fingerprint density at radius 1 is 1.05 bits per heavy atom. The average Bonchev–Trinajstić information content (AvgIpc) is 2.39. The third-order valence-electron chi connectivity index (χ3n) is 2.55. The summed E-state index contributed by atoms with van der Waals surface area (Å²) in [5.41, 5.74) is 0.206. The van der Waals surface area contributed by atoms with Crippen molar-refractivity contribution in [2.75, 3.05) is 17.7 Å². The molecule has 0 saturated carbocycles. The fourth-order valence-corrected chi connectivity index (χ4v) is 1.66. The molecular formula is C13H12N2O4. The van der Waals surface area contributed by atoms with E-state index in [-0.39, 0.29) is 17.3 Å². The highest BCUT2D eigenvalue weighted by atomic mass is 16.5. The number of hydrogen-bond acceptors (Lipinski definition) is 5. The van der Waals surface area contributed by atoms with Gasteiger partial charge < -0.3 is 15.4 Å². The van der Waals surface area contributed by atoms with E-state index in [2.05, 4.69) is 10.6 Å². The molecule has 0 bridgehead atoms. The summed E-state index contributed by atoms with van der Waals surface area (Å²) < 4.78 is 4.82. The van der Waals surface area contributed by atoms with Gasteiger partial charge in [-0.1, -0.05) is 0 Å². The van der Waals surface area contributed by atoms with E-state index in [9.17, 15) is 14.4 Å². The van der Waals surface area contributed by atoms with Crippen LogP contribution >= 0.6 is 0 Å². The van der Waals surface area contributed by atoms with Gasteiger partial charge in [-0.15, -0.1) is 0 Å². The standard InChI is InChI=1S/C13H12N2O4/c1-7(16)14-8-3-5-9(6-4-8)15-10-11(17)12(18)13(10)19-2/h3-6,15H,1-2H3,(H,14,16). The van der Waals surface area contributed by atoms with Crippen LogP contribution in [0.3, 0.4) is 0 Å². The zero-order valence-corrected chi connectivity index (χ0v) is 10.4. The van der Waals surface area contributed by atoms with E-state index < -0.39 is 10.9 Å². The first kappa shape index (κ1) is 12.8. The van der Waals surface area contributed by atoms with Crippen LogP contribution in [0, 0.1) is 0 Å². The van der Waals surface area contributed by atoms with E-state index >= 15 is 0 Å². The fraction of sp³-hybridized carbons (Fsp3) is 0.154. The van der Waals surface area contributed by atoms with Gasteiger partial charge in [0, 0.05) is 18.3 Å². The molecule has 1 amide bonds. The summed E-state index contributed by atoms with van der Waals surface area (Å²) in [7, 11) is 1.33. The molecule has 0 spiro atoms. The highest BCUT2D eigenvalue weighted by Gasteiger charge is 2.21. The van der Waals surface area contributed by atoms with Gasteiger partial charge in [0.25, 0.3) is 10.9 Å². The molecule has 19 heavy (non-hydrogen) atoms. The molecule has 2 aromatic carbocycles. The van der Waals surface area contributed by atoms with Crippen molar-refractivity contribution in [2.24, 2.45) is 0 Å². The zero-order chi connectivity index (χ0) is 14.0. The Bertz CT molecular complexity index is 682. The predicted octanol–water partition coefficient (Wildman–Crippen LogP) is 0.993. The summed E-state index contributed by atoms with van der Waals surface area (Å²) in [4.78, 5) is 33.3. The minimum absolute atomic E-state index is 0.0379. The molecule has 2 rings (SSSR count). The highest BCUT2D eigenvalue weighted by molar-refractivity contribution is 5.88. The molecule has 0 heterocycles. The second-order valence-electron chi connectivity index (χ2n) is 3.95. The number of hydrogen-bond donors (Lipinski definition) is 2. The van der Waals surface area contributed by atoms with Crippen LogP contribution in [0.15, 0.2) is 33.9 Å². The highest BCUT2D eigenvalue weighted by Crippen LogP contribution is 2.23. The Hall–Kier alpha value is -2.63. The first-order valence-electron chi connectivity index (χ1n) is 5.55. The van der Waals surface area contributed by atoms with Crippen molar-refractivity contribution in [3.8, 4) is 5.75 Å². The van der Waals surface area contributed by atoms with Crippen LogP contribution in [-0.4, -0.2) is 13.0 Å². The first-order chi connectivity index (χ1) is 9.02. The second-order valence-corrected chi connectivity index (χ2v) is 3.95. The van der Waals surface area contributed by atoms with Crippen LogP contribution in [0.5, 0.6) is 5.75 Å². The van der Waals surface area contributed by atoms with Crippen LogP contribution in [0.4, 0.5) is 17.1 Å². The minimum Gasteiger partial charge on any atom is -0.491 e. The Kier molecular flexibility index (Phi) is 3.33. The molecule has 98 valence electrons. The number of carbonyl (C=O) groups is 1. The Balaban J connectivity index is 2.16. The average molecular weight is 260 g/mol. The quantitative estimate of drug-likeness (QED) is 0.801. The van der Waals surface area contributed by atoms with Crippen LogP contribution < -0.4 is 26.2 Å². The molecule has 2 aromatic rings. The van der Waals surface area contributed by atoms with E-state index in [1.807, 2.05) is 0 Å². The lowest BCUT2D eigenvalue weighted by Crippen LogP contribution is -2.34. The molecule has 2 N–H and O–H groups in total. The number of rotatable bonds is 4. The molecule has 0 unspecified atom stereocenters. The molecule has 6 heteroatoms. The molecular weight excluding hydrogens is 248 g/mol. The fourth-order valence-electron chi connectivity index (χ4n) is 1.66. The summed E-state index contributed by atoms with van der Waals surface area (Å²) in [6.07, 6.45) is 0. The van der Waals surface area contributed by atoms with Crippen LogP contribution in [-0.2, 0) is 4.79 Å². The number of carbonyl (C=O) groups excluding carboxylic acids is 1. The van der Waals surface area contributed by atoms with Crippen molar-refractivity contribution >= 4 is 23.0 Å². The number of amides is 1. The van der Waals surface area contributed by atoms with Gasteiger partial charge in [0.2, 0.25) is 5.91 Å². The molecule has 0 atom stereocenters. The van der Waals surface area contributed by atoms with Crippen molar-refractivity contribution in [3.05, 3.63) is 44.7 Å². The van der Waals surface area contributed by atoms with E-state index in [1.54, 1.807) is 24.3 Å². The van der Waals surface area contributed by atoms with Gasteiger partial charge in [-0.05, 0) is 24.3 Å². The largest absolute Gasteiger partial charge is 0.491 e. The van der Waals surface area contributed by atoms with Gasteiger partial charge in [-0.25, -0.2) is 0 Å². The third kappa shape index (κ3) is 2.47. The van der Waals surface area contributed by atoms with Gasteiger partial charge in [0.05, 0.1) is 7.11 Å². The van der Waals surface area contributed by atoms with E-state index in [1.165, 1.54) is 14.0 Å². The summed E-state index contributed by atoms with van der Waals surface area (Å²) >= 11 is 0. The lowest BCUT2D eigenvalue weighted by Gasteiger charge is -2.12. The van der Waals surface area contributed by atoms with Crippen molar-refractivity contribution in [1.82, 2.24) is 0 Å². The monoisotopic (exact) mass is 260 g/mol. The predicted molar refractivity (Wildman–Crippen MR) is 71.9 cm³/mol. The van der Waals surface area contributed by atoms with Crippen LogP contribution in [0.1, 0.15) is 6.92 Å². The van der Waals surface area contributed by atoms with Gasteiger partial charge in [0.15, 0.2) is 5.75 Å². The molecule has 0 aliphatic heterocycles. The SMILES string of the molecule is COc1c(Nc2ccc(NC(C)=O)cc2)c(=O)c1=O. The molecule has 0 radical (unpaired) electrons.